The molecule has 0 unspecified atom stereocenters. The number of rotatable bonds is 11. The summed E-state index contributed by atoms with van der Waals surface area (Å²) in [6.45, 7) is 4.81. The first-order chi connectivity index (χ1) is 16.6. The van der Waals surface area contributed by atoms with Gasteiger partial charge in [-0.05, 0) is 42.0 Å². The van der Waals surface area contributed by atoms with Gasteiger partial charge >= 0.3 is 0 Å². The highest BCUT2D eigenvalue weighted by molar-refractivity contribution is 5.78. The first-order valence-electron chi connectivity index (χ1n) is 11.8. The summed E-state index contributed by atoms with van der Waals surface area (Å²) in [4.78, 5) is 15.1. The highest BCUT2D eigenvalue weighted by atomic mass is 16.6. The molecule has 4 rings (SSSR count). The van der Waals surface area contributed by atoms with Crippen LogP contribution in [0.25, 0.3) is 0 Å². The normalized spacial score (nSPS) is 17.6. The van der Waals surface area contributed by atoms with Crippen molar-refractivity contribution in [2.75, 3.05) is 59.8 Å². The van der Waals surface area contributed by atoms with E-state index >= 15 is 0 Å². The highest BCUT2D eigenvalue weighted by Gasteiger charge is 2.28. The number of hydrogen-bond acceptors (Lipinski definition) is 8. The van der Waals surface area contributed by atoms with Gasteiger partial charge in [0.2, 0.25) is 0 Å². The van der Waals surface area contributed by atoms with Gasteiger partial charge in [-0.25, -0.2) is 0 Å². The van der Waals surface area contributed by atoms with Crippen LogP contribution >= 0.6 is 0 Å². The van der Waals surface area contributed by atoms with E-state index in [0.29, 0.717) is 50.2 Å². The number of carbonyl (C=O) groups is 1. The lowest BCUT2D eigenvalue weighted by molar-refractivity contribution is -0.121. The van der Waals surface area contributed by atoms with Gasteiger partial charge in [-0.2, -0.15) is 0 Å². The van der Waals surface area contributed by atoms with Crippen molar-refractivity contribution in [3.63, 3.8) is 0 Å². The zero-order chi connectivity index (χ0) is 23.8. The fourth-order valence-corrected chi connectivity index (χ4v) is 4.26. The number of nitrogens with zero attached hydrogens (tertiary/aromatic N) is 1. The summed E-state index contributed by atoms with van der Waals surface area (Å²) in [5.41, 5.74) is 0.727. The maximum atomic E-state index is 12.9. The molecule has 0 aliphatic carbocycles. The molecule has 2 aliphatic heterocycles. The zero-order valence-electron chi connectivity index (χ0n) is 19.6. The number of methoxy groups -OCH3 is 1. The molecule has 1 saturated heterocycles. The van der Waals surface area contributed by atoms with Gasteiger partial charge < -0.3 is 28.8 Å². The topological polar surface area (TPSA) is 86.7 Å². The van der Waals surface area contributed by atoms with Gasteiger partial charge in [-0.15, -0.1) is 0 Å². The lowest BCUT2D eigenvalue weighted by Gasteiger charge is -2.32. The Morgan fingerprint density at radius 3 is 2.44 bits per heavy atom. The fourth-order valence-electron chi connectivity index (χ4n) is 4.26. The van der Waals surface area contributed by atoms with E-state index in [-0.39, 0.29) is 31.1 Å². The lowest BCUT2D eigenvalue weighted by Crippen LogP contribution is -2.41. The molecule has 2 aliphatic rings. The molecule has 0 amide bonds. The van der Waals surface area contributed by atoms with Crippen LogP contribution in [0.15, 0.2) is 42.5 Å². The minimum Gasteiger partial charge on any atom is -0.497 e. The quantitative estimate of drug-likeness (QED) is 0.536. The average molecular weight is 472 g/mol. The van der Waals surface area contributed by atoms with Crippen LogP contribution in [0.3, 0.4) is 0 Å². The predicted octanol–water partition coefficient (Wildman–Crippen LogP) is 2.88. The third-order valence-corrected chi connectivity index (χ3v) is 6.15. The van der Waals surface area contributed by atoms with Crippen molar-refractivity contribution in [3.05, 3.63) is 48.0 Å². The molecule has 0 radical (unpaired) electrons. The van der Waals surface area contributed by atoms with Gasteiger partial charge in [-0.1, -0.05) is 6.07 Å². The first kappa shape index (κ1) is 24.3. The van der Waals surface area contributed by atoms with Crippen molar-refractivity contribution < 1.29 is 33.6 Å². The number of Topliss-reactive ketones (excluding diaryl/α,β-unsaturated/α-hetero) is 1. The van der Waals surface area contributed by atoms with Crippen molar-refractivity contribution in [3.8, 4) is 23.0 Å². The Morgan fingerprint density at radius 2 is 1.71 bits per heavy atom. The molecule has 1 fully saturated rings. The van der Waals surface area contributed by atoms with E-state index < -0.39 is 6.10 Å². The molecule has 8 nitrogen and oxygen atoms in total. The van der Waals surface area contributed by atoms with Gasteiger partial charge in [0.1, 0.15) is 30.5 Å². The van der Waals surface area contributed by atoms with Gasteiger partial charge in [0.25, 0.3) is 0 Å². The molecule has 8 heteroatoms. The minimum absolute atomic E-state index is 0.0587. The van der Waals surface area contributed by atoms with Gasteiger partial charge in [0.05, 0.1) is 33.0 Å². The van der Waals surface area contributed by atoms with E-state index in [0.717, 1.165) is 24.4 Å². The second-order valence-electron chi connectivity index (χ2n) is 8.54. The van der Waals surface area contributed by atoms with Crippen molar-refractivity contribution in [2.24, 2.45) is 5.92 Å². The first-order valence-corrected chi connectivity index (χ1v) is 11.8. The van der Waals surface area contributed by atoms with Crippen LogP contribution in [-0.2, 0) is 9.53 Å². The Bertz CT molecular complexity index is 927. The molecule has 2 aromatic rings. The minimum atomic E-state index is -0.801. The Kier molecular flexibility index (Phi) is 8.62. The predicted molar refractivity (Wildman–Crippen MR) is 126 cm³/mol. The number of ketones is 1. The molecule has 2 aromatic carbocycles. The summed E-state index contributed by atoms with van der Waals surface area (Å²) >= 11 is 0. The Morgan fingerprint density at radius 1 is 1.00 bits per heavy atom. The van der Waals surface area contributed by atoms with Crippen molar-refractivity contribution in [1.29, 1.82) is 0 Å². The summed E-state index contributed by atoms with van der Waals surface area (Å²) in [6, 6.07) is 12.8. The molecule has 2 heterocycles. The van der Waals surface area contributed by atoms with E-state index in [2.05, 4.69) is 4.90 Å². The molecule has 1 N–H and O–H groups in total. The van der Waals surface area contributed by atoms with Crippen LogP contribution in [0.1, 0.15) is 24.5 Å². The van der Waals surface area contributed by atoms with Crippen molar-refractivity contribution in [2.45, 2.75) is 18.9 Å². The second kappa shape index (κ2) is 12.1. The molecule has 0 saturated carbocycles. The summed E-state index contributed by atoms with van der Waals surface area (Å²) in [5, 5.41) is 11.3. The number of hydrogen-bond donors (Lipinski definition) is 1. The van der Waals surface area contributed by atoms with Crippen LogP contribution in [0.5, 0.6) is 23.0 Å². The molecular weight excluding hydrogens is 438 g/mol. The Balaban J connectivity index is 1.37. The molecular formula is C26H33NO7. The summed E-state index contributed by atoms with van der Waals surface area (Å²) in [7, 11) is 1.61. The SMILES string of the molecule is COc1ccc(OCCC(=O)C[C@H](CN2CCOCC2)[C@H](O)c2ccc3c(c2)OCCO3)cc1. The fraction of sp³-hybridized carbons (Fsp3) is 0.500. The summed E-state index contributed by atoms with van der Waals surface area (Å²) in [5.74, 6) is 2.56. The van der Waals surface area contributed by atoms with Gasteiger partial charge in [-0.3, -0.25) is 9.69 Å². The zero-order valence-corrected chi connectivity index (χ0v) is 19.6. The van der Waals surface area contributed by atoms with Crippen LogP contribution in [0.2, 0.25) is 0 Å². The summed E-state index contributed by atoms with van der Waals surface area (Å²) < 4.78 is 27.6. The third kappa shape index (κ3) is 6.62. The molecule has 2 atom stereocenters. The van der Waals surface area contributed by atoms with Gasteiger partial charge in [0.15, 0.2) is 11.5 Å². The third-order valence-electron chi connectivity index (χ3n) is 6.15. The van der Waals surface area contributed by atoms with Crippen LogP contribution in [-0.4, -0.2) is 75.6 Å². The molecule has 0 bridgehead atoms. The maximum absolute atomic E-state index is 12.9. The van der Waals surface area contributed by atoms with Crippen LogP contribution < -0.4 is 18.9 Å². The number of ether oxygens (including phenoxy) is 5. The molecule has 0 aromatic heterocycles. The lowest BCUT2D eigenvalue weighted by atomic mass is 9.89. The average Bonchev–Trinajstić information content (AvgIpc) is 2.88. The van der Waals surface area contributed by atoms with Crippen LogP contribution in [0.4, 0.5) is 0 Å². The number of carbonyl (C=O) groups excluding carboxylic acids is 1. The smallest absolute Gasteiger partial charge is 0.161 e. The van der Waals surface area contributed by atoms with E-state index in [1.807, 2.05) is 42.5 Å². The number of aliphatic hydroxyl groups is 1. The maximum Gasteiger partial charge on any atom is 0.161 e. The van der Waals surface area contributed by atoms with E-state index in [1.54, 1.807) is 7.11 Å². The molecule has 34 heavy (non-hydrogen) atoms. The van der Waals surface area contributed by atoms with E-state index in [1.165, 1.54) is 0 Å². The monoisotopic (exact) mass is 471 g/mol. The number of morpholine rings is 1. The number of benzene rings is 2. The van der Waals surface area contributed by atoms with Crippen molar-refractivity contribution in [1.82, 2.24) is 4.90 Å². The Labute approximate surface area is 200 Å². The molecule has 0 spiro atoms. The molecule has 184 valence electrons. The number of aliphatic hydroxyl groups excluding tert-OH is 1. The van der Waals surface area contributed by atoms with Crippen LogP contribution in [0, 0.1) is 5.92 Å². The number of fused-ring (bicyclic) bond motifs is 1. The highest BCUT2D eigenvalue weighted by Crippen LogP contribution is 2.35. The van der Waals surface area contributed by atoms with Gasteiger partial charge in [0, 0.05) is 38.4 Å². The summed E-state index contributed by atoms with van der Waals surface area (Å²) in [6.07, 6.45) is -0.261. The van der Waals surface area contributed by atoms with E-state index in [4.69, 9.17) is 23.7 Å². The second-order valence-corrected chi connectivity index (χ2v) is 8.54. The van der Waals surface area contributed by atoms with E-state index in [9.17, 15) is 9.90 Å². The standard InChI is InChI=1S/C26H33NO7/c1-30-22-3-5-23(6-4-22)32-11-8-21(28)16-20(18-27-9-12-31-13-10-27)26(29)19-2-7-24-25(17-19)34-15-14-33-24/h2-7,17,20,26,29H,8-16,18H2,1H3/t20-,26-/m1/s1. The Hall–Kier alpha value is -2.81. The largest absolute Gasteiger partial charge is 0.497 e. The van der Waals surface area contributed by atoms with Crippen molar-refractivity contribution >= 4 is 5.78 Å².